The Morgan fingerprint density at radius 3 is 2.73 bits per heavy atom. The highest BCUT2D eigenvalue weighted by Gasteiger charge is 2.21. The maximum Gasteiger partial charge on any atom is 0.255 e. The van der Waals surface area contributed by atoms with E-state index >= 15 is 0 Å². The van der Waals surface area contributed by atoms with Crippen LogP contribution in [0, 0.1) is 0 Å². The minimum absolute atomic E-state index is 0.195. The van der Waals surface area contributed by atoms with Gasteiger partial charge in [-0.15, -0.1) is 0 Å². The summed E-state index contributed by atoms with van der Waals surface area (Å²) in [5.41, 5.74) is 0.502. The van der Waals surface area contributed by atoms with Gasteiger partial charge in [-0.1, -0.05) is 24.3 Å². The van der Waals surface area contributed by atoms with Crippen molar-refractivity contribution < 1.29 is 19.0 Å². The lowest BCUT2D eigenvalue weighted by Gasteiger charge is -2.26. The fourth-order valence-corrected chi connectivity index (χ4v) is 2.30. The van der Waals surface area contributed by atoms with Gasteiger partial charge in [-0.05, 0) is 24.3 Å². The number of rotatable bonds is 4. The lowest BCUT2D eigenvalue weighted by atomic mass is 10.2. The van der Waals surface area contributed by atoms with Crippen molar-refractivity contribution in [2.45, 2.75) is 6.10 Å². The number of methoxy groups -OCH3 is 1. The fourth-order valence-electron chi connectivity index (χ4n) is 2.30. The Bertz CT molecular complexity index is 671. The molecule has 114 valence electrons. The van der Waals surface area contributed by atoms with Crippen molar-refractivity contribution >= 4 is 5.91 Å². The summed E-state index contributed by atoms with van der Waals surface area (Å²) in [7, 11) is 1.54. The van der Waals surface area contributed by atoms with E-state index in [1.807, 2.05) is 30.3 Å². The minimum atomic E-state index is -0.214. The standard InChI is InChI=1S/C17H17NO4/c1-20-14-7-3-2-6-13(14)17(19)18-10-12-11-21-15-8-4-5-9-16(15)22-12/h2-9,12H,10-11H2,1H3,(H,18,19)/t12-/m1/s1. The Kier molecular flexibility index (Phi) is 4.14. The van der Waals surface area contributed by atoms with E-state index < -0.39 is 0 Å². The number of benzene rings is 2. The summed E-state index contributed by atoms with van der Waals surface area (Å²) in [6.45, 7) is 0.772. The summed E-state index contributed by atoms with van der Waals surface area (Å²) in [4.78, 5) is 12.2. The minimum Gasteiger partial charge on any atom is -0.496 e. The molecular formula is C17H17NO4. The first kappa shape index (κ1) is 14.3. The van der Waals surface area contributed by atoms with Crippen molar-refractivity contribution in [2.24, 2.45) is 0 Å². The van der Waals surface area contributed by atoms with Crippen LogP contribution in [0.1, 0.15) is 10.4 Å². The van der Waals surface area contributed by atoms with Gasteiger partial charge in [0.2, 0.25) is 0 Å². The molecule has 0 fully saturated rings. The molecular weight excluding hydrogens is 282 g/mol. The number of ether oxygens (including phenoxy) is 3. The van der Waals surface area contributed by atoms with Crippen LogP contribution in [-0.4, -0.2) is 32.3 Å². The molecule has 0 unspecified atom stereocenters. The SMILES string of the molecule is COc1ccccc1C(=O)NC[C@@H]1COc2ccccc2O1. The number of hydrogen-bond donors (Lipinski definition) is 1. The van der Waals surface area contributed by atoms with Crippen LogP contribution in [0.25, 0.3) is 0 Å². The van der Waals surface area contributed by atoms with Crippen LogP contribution in [-0.2, 0) is 0 Å². The highest BCUT2D eigenvalue weighted by Crippen LogP contribution is 2.30. The van der Waals surface area contributed by atoms with Crippen molar-refractivity contribution in [3.8, 4) is 17.2 Å². The zero-order valence-electron chi connectivity index (χ0n) is 12.2. The molecule has 0 radical (unpaired) electrons. The summed E-state index contributed by atoms with van der Waals surface area (Å²) >= 11 is 0. The number of carbonyl (C=O) groups excluding carboxylic acids is 1. The molecule has 0 bridgehead atoms. The molecule has 0 aliphatic carbocycles. The lowest BCUT2D eigenvalue weighted by molar-refractivity contribution is 0.0787. The molecule has 1 amide bonds. The van der Waals surface area contributed by atoms with Gasteiger partial charge in [0.25, 0.3) is 5.91 Å². The molecule has 0 aromatic heterocycles. The van der Waals surface area contributed by atoms with Crippen LogP contribution in [0.15, 0.2) is 48.5 Å². The second kappa shape index (κ2) is 6.39. The van der Waals surface area contributed by atoms with Crippen molar-refractivity contribution in [1.29, 1.82) is 0 Å². The number of amides is 1. The quantitative estimate of drug-likeness (QED) is 0.941. The zero-order chi connectivity index (χ0) is 15.4. The third kappa shape index (κ3) is 2.98. The van der Waals surface area contributed by atoms with Crippen LogP contribution >= 0.6 is 0 Å². The fraction of sp³-hybridized carbons (Fsp3) is 0.235. The maximum atomic E-state index is 12.2. The molecule has 0 saturated heterocycles. The van der Waals surface area contributed by atoms with E-state index in [2.05, 4.69) is 5.32 Å². The Morgan fingerprint density at radius 1 is 1.18 bits per heavy atom. The van der Waals surface area contributed by atoms with E-state index in [0.29, 0.717) is 30.2 Å². The molecule has 1 heterocycles. The molecule has 1 atom stereocenters. The van der Waals surface area contributed by atoms with E-state index in [1.54, 1.807) is 25.3 Å². The van der Waals surface area contributed by atoms with Gasteiger partial charge in [0.1, 0.15) is 18.5 Å². The van der Waals surface area contributed by atoms with Crippen LogP contribution < -0.4 is 19.5 Å². The smallest absolute Gasteiger partial charge is 0.255 e. The Balaban J connectivity index is 1.60. The van der Waals surface area contributed by atoms with E-state index in [-0.39, 0.29) is 12.0 Å². The normalized spacial score (nSPS) is 16.0. The number of carbonyl (C=O) groups is 1. The molecule has 2 aromatic carbocycles. The van der Waals surface area contributed by atoms with Gasteiger partial charge in [-0.25, -0.2) is 0 Å². The predicted molar refractivity (Wildman–Crippen MR) is 81.7 cm³/mol. The molecule has 1 aliphatic rings. The van der Waals surface area contributed by atoms with Gasteiger partial charge in [0.05, 0.1) is 19.2 Å². The topological polar surface area (TPSA) is 56.8 Å². The first-order valence-corrected chi connectivity index (χ1v) is 7.07. The van der Waals surface area contributed by atoms with Gasteiger partial charge >= 0.3 is 0 Å². The van der Waals surface area contributed by atoms with Crippen LogP contribution in [0.3, 0.4) is 0 Å². The monoisotopic (exact) mass is 299 g/mol. The second-order valence-electron chi connectivity index (χ2n) is 4.91. The van der Waals surface area contributed by atoms with Gasteiger partial charge in [-0.2, -0.15) is 0 Å². The Labute approximate surface area is 128 Å². The molecule has 0 spiro atoms. The summed E-state index contributed by atoms with van der Waals surface area (Å²) in [6, 6.07) is 14.6. The van der Waals surface area contributed by atoms with Crippen molar-refractivity contribution in [1.82, 2.24) is 5.32 Å². The van der Waals surface area contributed by atoms with Crippen molar-refractivity contribution in [3.63, 3.8) is 0 Å². The number of nitrogens with one attached hydrogen (secondary N) is 1. The number of para-hydroxylation sites is 3. The average molecular weight is 299 g/mol. The zero-order valence-corrected chi connectivity index (χ0v) is 12.2. The molecule has 22 heavy (non-hydrogen) atoms. The third-order valence-corrected chi connectivity index (χ3v) is 3.41. The van der Waals surface area contributed by atoms with Crippen LogP contribution in [0.4, 0.5) is 0 Å². The number of hydrogen-bond acceptors (Lipinski definition) is 4. The molecule has 5 nitrogen and oxygen atoms in total. The highest BCUT2D eigenvalue weighted by molar-refractivity contribution is 5.96. The van der Waals surface area contributed by atoms with Crippen molar-refractivity contribution in [2.75, 3.05) is 20.3 Å². The largest absolute Gasteiger partial charge is 0.496 e. The molecule has 5 heteroatoms. The summed E-state index contributed by atoms with van der Waals surface area (Å²) < 4.78 is 16.6. The lowest BCUT2D eigenvalue weighted by Crippen LogP contribution is -2.40. The van der Waals surface area contributed by atoms with Crippen LogP contribution in [0.5, 0.6) is 17.2 Å². The van der Waals surface area contributed by atoms with Gasteiger partial charge in [0, 0.05) is 0 Å². The van der Waals surface area contributed by atoms with Crippen LogP contribution in [0.2, 0.25) is 0 Å². The van der Waals surface area contributed by atoms with Gasteiger partial charge in [-0.3, -0.25) is 4.79 Å². The maximum absolute atomic E-state index is 12.2. The second-order valence-corrected chi connectivity index (χ2v) is 4.91. The molecule has 1 aliphatic heterocycles. The summed E-state index contributed by atoms with van der Waals surface area (Å²) in [6.07, 6.45) is -0.214. The molecule has 0 saturated carbocycles. The van der Waals surface area contributed by atoms with Crippen molar-refractivity contribution in [3.05, 3.63) is 54.1 Å². The molecule has 3 rings (SSSR count). The average Bonchev–Trinajstić information content (AvgIpc) is 2.59. The third-order valence-electron chi connectivity index (χ3n) is 3.41. The first-order chi connectivity index (χ1) is 10.8. The van der Waals surface area contributed by atoms with Gasteiger partial charge < -0.3 is 19.5 Å². The van der Waals surface area contributed by atoms with Gasteiger partial charge in [0.15, 0.2) is 11.5 Å². The van der Waals surface area contributed by atoms with E-state index in [0.717, 1.165) is 5.75 Å². The predicted octanol–water partition coefficient (Wildman–Crippen LogP) is 2.27. The van der Waals surface area contributed by atoms with E-state index in [1.165, 1.54) is 0 Å². The number of fused-ring (bicyclic) bond motifs is 1. The summed E-state index contributed by atoms with van der Waals surface area (Å²) in [5, 5.41) is 2.85. The van der Waals surface area contributed by atoms with E-state index in [4.69, 9.17) is 14.2 Å². The molecule has 1 N–H and O–H groups in total. The Morgan fingerprint density at radius 2 is 1.91 bits per heavy atom. The first-order valence-electron chi connectivity index (χ1n) is 7.07. The summed E-state index contributed by atoms with van der Waals surface area (Å²) in [5.74, 6) is 1.78. The highest BCUT2D eigenvalue weighted by atomic mass is 16.6. The van der Waals surface area contributed by atoms with E-state index in [9.17, 15) is 4.79 Å². The Hall–Kier alpha value is -2.69. The molecule has 2 aromatic rings.